The number of nitrogens with zero attached hydrogens (tertiary/aromatic N) is 3. The van der Waals surface area contributed by atoms with Gasteiger partial charge < -0.3 is 4.74 Å². The molecule has 0 saturated carbocycles. The minimum absolute atomic E-state index is 0.0240. The Balaban J connectivity index is 1.41. The van der Waals surface area contributed by atoms with Crippen molar-refractivity contribution >= 4 is 40.6 Å². The number of Topliss-reactive ketones (excluding diaryl/α,β-unsaturated/α-hetero) is 1. The Morgan fingerprint density at radius 2 is 1.37 bits per heavy atom. The topological polar surface area (TPSA) is 167 Å². The molecule has 1 atom stereocenters. The number of hydrogen-bond acceptors (Lipinski definition) is 9. The van der Waals surface area contributed by atoms with Crippen molar-refractivity contribution in [3.05, 3.63) is 145 Å². The van der Waals surface area contributed by atoms with E-state index in [1.165, 1.54) is 72.8 Å². The summed E-state index contributed by atoms with van der Waals surface area (Å²) in [6.07, 6.45) is -1.43. The number of ether oxygens (including phenoxy) is 1. The van der Waals surface area contributed by atoms with Crippen molar-refractivity contribution < 1.29 is 33.8 Å². The van der Waals surface area contributed by atoms with Crippen LogP contribution in [-0.2, 0) is 4.74 Å². The van der Waals surface area contributed by atoms with Crippen molar-refractivity contribution in [1.29, 1.82) is 0 Å². The van der Waals surface area contributed by atoms with Gasteiger partial charge in [-0.15, -0.1) is 0 Å². The number of ketones is 1. The molecule has 0 unspecified atom stereocenters. The summed E-state index contributed by atoms with van der Waals surface area (Å²) in [4.78, 5) is 74.1. The number of esters is 1. The van der Waals surface area contributed by atoms with E-state index in [0.29, 0.717) is 0 Å². The number of anilines is 1. The lowest BCUT2D eigenvalue weighted by Gasteiger charge is -2.18. The van der Waals surface area contributed by atoms with Gasteiger partial charge in [-0.1, -0.05) is 36.4 Å². The average molecular weight is 551 g/mol. The number of amides is 2. The van der Waals surface area contributed by atoms with Gasteiger partial charge in [0.25, 0.3) is 23.2 Å². The van der Waals surface area contributed by atoms with E-state index < -0.39 is 45.2 Å². The van der Waals surface area contributed by atoms with Crippen LogP contribution in [0, 0.1) is 20.2 Å². The smallest absolute Gasteiger partial charge is 0.339 e. The Labute approximate surface area is 230 Å². The van der Waals surface area contributed by atoms with Gasteiger partial charge in [0.1, 0.15) is 5.56 Å². The van der Waals surface area contributed by atoms with E-state index in [2.05, 4.69) is 0 Å². The third kappa shape index (κ3) is 4.92. The number of rotatable bonds is 8. The van der Waals surface area contributed by atoms with Gasteiger partial charge in [-0.25, -0.2) is 9.69 Å². The van der Waals surface area contributed by atoms with E-state index in [-0.39, 0.29) is 39.2 Å². The molecule has 0 radical (unpaired) electrons. The molecule has 0 N–H and O–H groups in total. The number of carbonyl (C=O) groups excluding carboxylic acids is 4. The highest BCUT2D eigenvalue weighted by Crippen LogP contribution is 2.34. The third-order valence-electron chi connectivity index (χ3n) is 6.38. The van der Waals surface area contributed by atoms with Crippen LogP contribution in [0.3, 0.4) is 0 Å². The fourth-order valence-electron chi connectivity index (χ4n) is 4.37. The molecule has 5 rings (SSSR count). The number of non-ortho nitro benzene ring substituents is 1. The zero-order valence-corrected chi connectivity index (χ0v) is 20.8. The second kappa shape index (κ2) is 10.6. The van der Waals surface area contributed by atoms with Crippen LogP contribution in [0.25, 0.3) is 0 Å². The van der Waals surface area contributed by atoms with Crippen LogP contribution in [0.5, 0.6) is 0 Å². The molecule has 1 aliphatic heterocycles. The van der Waals surface area contributed by atoms with E-state index in [9.17, 15) is 39.4 Å². The van der Waals surface area contributed by atoms with E-state index in [0.717, 1.165) is 11.0 Å². The number of hydrogen-bond donors (Lipinski definition) is 0. The van der Waals surface area contributed by atoms with Gasteiger partial charge >= 0.3 is 5.97 Å². The Kier molecular flexibility index (Phi) is 6.88. The highest BCUT2D eigenvalue weighted by atomic mass is 16.6. The molecule has 41 heavy (non-hydrogen) atoms. The van der Waals surface area contributed by atoms with Crippen LogP contribution in [-0.4, -0.2) is 33.4 Å². The fraction of sp³-hybridized carbons (Fsp3) is 0.0345. The van der Waals surface area contributed by atoms with Gasteiger partial charge in [-0.2, -0.15) is 0 Å². The van der Waals surface area contributed by atoms with Gasteiger partial charge in [0, 0.05) is 29.3 Å². The second-order valence-electron chi connectivity index (χ2n) is 8.81. The summed E-state index contributed by atoms with van der Waals surface area (Å²) in [5.41, 5.74) is -0.641. The van der Waals surface area contributed by atoms with E-state index >= 15 is 0 Å². The highest BCUT2D eigenvalue weighted by Gasteiger charge is 2.41. The first-order valence-electron chi connectivity index (χ1n) is 12.0. The monoisotopic (exact) mass is 551 g/mol. The summed E-state index contributed by atoms with van der Waals surface area (Å²) in [6, 6.07) is 22.0. The molecular formula is C29H17N3O9. The molecule has 1 heterocycles. The first-order valence-corrected chi connectivity index (χ1v) is 12.0. The van der Waals surface area contributed by atoms with Crippen LogP contribution in [0.15, 0.2) is 97.1 Å². The summed E-state index contributed by atoms with van der Waals surface area (Å²) >= 11 is 0. The highest BCUT2D eigenvalue weighted by molar-refractivity contribution is 6.35. The second-order valence-corrected chi connectivity index (χ2v) is 8.81. The van der Waals surface area contributed by atoms with Crippen molar-refractivity contribution in [1.82, 2.24) is 0 Å². The third-order valence-corrected chi connectivity index (χ3v) is 6.38. The van der Waals surface area contributed by atoms with Crippen LogP contribution < -0.4 is 4.90 Å². The first kappa shape index (κ1) is 26.6. The van der Waals surface area contributed by atoms with Crippen molar-refractivity contribution in [3.63, 3.8) is 0 Å². The van der Waals surface area contributed by atoms with Crippen LogP contribution in [0.2, 0.25) is 0 Å². The van der Waals surface area contributed by atoms with Gasteiger partial charge in [0.2, 0.25) is 5.78 Å². The Bertz CT molecular complexity index is 1730. The quantitative estimate of drug-likeness (QED) is 0.0953. The summed E-state index contributed by atoms with van der Waals surface area (Å²) in [5, 5.41) is 22.4. The number of imide groups is 1. The molecular weight excluding hydrogens is 534 g/mol. The lowest BCUT2D eigenvalue weighted by atomic mass is 9.99. The van der Waals surface area contributed by atoms with Crippen molar-refractivity contribution in [2.24, 2.45) is 0 Å². The molecule has 0 bridgehead atoms. The van der Waals surface area contributed by atoms with Crippen LogP contribution >= 0.6 is 0 Å². The minimum atomic E-state index is -1.43. The van der Waals surface area contributed by atoms with E-state index in [4.69, 9.17) is 4.74 Å². The summed E-state index contributed by atoms with van der Waals surface area (Å²) in [5.74, 6) is -3.10. The van der Waals surface area contributed by atoms with Gasteiger partial charge in [0.15, 0.2) is 6.10 Å². The number of nitro benzene ring substituents is 2. The Morgan fingerprint density at radius 1 is 0.707 bits per heavy atom. The van der Waals surface area contributed by atoms with Crippen molar-refractivity contribution in [3.8, 4) is 0 Å². The lowest BCUT2D eigenvalue weighted by molar-refractivity contribution is -0.385. The predicted molar refractivity (Wildman–Crippen MR) is 143 cm³/mol. The van der Waals surface area contributed by atoms with Gasteiger partial charge in [-0.05, 0) is 42.5 Å². The molecule has 12 heteroatoms. The maximum absolute atomic E-state index is 13.3. The number of fused-ring (bicyclic) bond motifs is 1. The van der Waals surface area contributed by atoms with E-state index in [1.807, 2.05) is 0 Å². The summed E-state index contributed by atoms with van der Waals surface area (Å²) in [6.45, 7) is 0. The van der Waals surface area contributed by atoms with Gasteiger partial charge in [0.05, 0.1) is 26.7 Å². The average Bonchev–Trinajstić information content (AvgIpc) is 3.25. The molecule has 2 amide bonds. The van der Waals surface area contributed by atoms with Crippen molar-refractivity contribution in [2.45, 2.75) is 6.10 Å². The predicted octanol–water partition coefficient (Wildman–Crippen LogP) is 5.08. The zero-order valence-electron chi connectivity index (χ0n) is 20.8. The summed E-state index contributed by atoms with van der Waals surface area (Å²) < 4.78 is 5.56. The molecule has 0 fully saturated rings. The molecule has 4 aromatic rings. The molecule has 0 spiro atoms. The molecule has 0 saturated heterocycles. The van der Waals surface area contributed by atoms with Crippen molar-refractivity contribution in [2.75, 3.05) is 4.90 Å². The standard InChI is InChI=1S/C29H17N3O9/c33-25(17-5-2-1-3-6-17)26(18-9-15-21(16-10-18)31(37)38)41-29(36)19-11-13-20(14-12-19)30-27(34)22-7-4-8-23(32(39)40)24(22)28(30)35/h1-16,26H/t26-/m0/s1. The Morgan fingerprint density at radius 3 is 1.98 bits per heavy atom. The molecule has 202 valence electrons. The van der Waals surface area contributed by atoms with Gasteiger partial charge in [-0.3, -0.25) is 34.6 Å². The first-order chi connectivity index (χ1) is 19.7. The SMILES string of the molecule is O=C(O[C@H](C(=O)c1ccccc1)c1ccc([N+](=O)[O-])cc1)c1ccc(N2C(=O)c3cccc([N+](=O)[O-])c3C2=O)cc1. The molecule has 0 aromatic heterocycles. The maximum Gasteiger partial charge on any atom is 0.339 e. The number of benzene rings is 4. The number of nitro groups is 2. The summed E-state index contributed by atoms with van der Waals surface area (Å²) in [7, 11) is 0. The maximum atomic E-state index is 13.3. The zero-order chi connectivity index (χ0) is 29.3. The van der Waals surface area contributed by atoms with Crippen LogP contribution in [0.1, 0.15) is 53.1 Å². The fourth-order valence-corrected chi connectivity index (χ4v) is 4.37. The molecule has 12 nitrogen and oxygen atoms in total. The normalized spacial score (nSPS) is 12.9. The van der Waals surface area contributed by atoms with Crippen LogP contribution in [0.4, 0.5) is 17.1 Å². The Hall–Kier alpha value is -6.04. The minimum Gasteiger partial charge on any atom is -0.445 e. The molecule has 1 aliphatic rings. The lowest BCUT2D eigenvalue weighted by Crippen LogP contribution is -2.29. The van der Waals surface area contributed by atoms with E-state index in [1.54, 1.807) is 18.2 Å². The molecule has 4 aromatic carbocycles. The largest absolute Gasteiger partial charge is 0.445 e. The molecule has 0 aliphatic carbocycles. The number of carbonyl (C=O) groups is 4.